The summed E-state index contributed by atoms with van der Waals surface area (Å²) in [5.74, 6) is 0.914. The number of fused-ring (bicyclic) bond motifs is 1. The second kappa shape index (κ2) is 10.6. The molecule has 3 aromatic rings. The van der Waals surface area contributed by atoms with E-state index < -0.39 is 10.0 Å². The van der Waals surface area contributed by atoms with Crippen molar-refractivity contribution in [2.24, 2.45) is 0 Å². The van der Waals surface area contributed by atoms with Crippen LogP contribution < -0.4 is 24.4 Å². The van der Waals surface area contributed by atoms with Crippen LogP contribution in [0.1, 0.15) is 22.3 Å². The molecule has 0 aromatic heterocycles. The average Bonchev–Trinajstić information content (AvgIpc) is 3.34. The molecule has 4 rings (SSSR count). The molecule has 0 saturated heterocycles. The molecule has 0 unspecified atom stereocenters. The van der Waals surface area contributed by atoms with E-state index in [-0.39, 0.29) is 24.1 Å². The van der Waals surface area contributed by atoms with Crippen molar-refractivity contribution in [3.8, 4) is 11.5 Å². The van der Waals surface area contributed by atoms with Crippen LogP contribution in [-0.4, -0.2) is 41.3 Å². The van der Waals surface area contributed by atoms with Crippen LogP contribution in [0.3, 0.4) is 0 Å². The number of rotatable bonds is 10. The molecule has 0 radical (unpaired) electrons. The summed E-state index contributed by atoms with van der Waals surface area (Å²) >= 11 is 0. The molecule has 1 aliphatic rings. The summed E-state index contributed by atoms with van der Waals surface area (Å²) in [7, 11) is -1.80. The van der Waals surface area contributed by atoms with Gasteiger partial charge in [-0.15, -0.1) is 0 Å². The van der Waals surface area contributed by atoms with Gasteiger partial charge in [0.25, 0.3) is 5.91 Å². The number of hydrogen-bond acceptors (Lipinski definition) is 6. The minimum Gasteiger partial charge on any atom is -0.454 e. The Bertz CT molecular complexity index is 1250. The van der Waals surface area contributed by atoms with E-state index in [2.05, 4.69) is 14.9 Å². The predicted octanol–water partition coefficient (Wildman–Crippen LogP) is 3.15. The van der Waals surface area contributed by atoms with E-state index >= 15 is 0 Å². The molecule has 0 spiro atoms. The Kier molecular flexibility index (Phi) is 7.34. The fraction of sp³-hybridized carbons (Fsp3) is 0.240. The lowest BCUT2D eigenvalue weighted by atomic mass is 10.2. The van der Waals surface area contributed by atoms with Gasteiger partial charge < -0.3 is 19.7 Å². The summed E-state index contributed by atoms with van der Waals surface area (Å²) in [6, 6.07) is 21.3. The van der Waals surface area contributed by atoms with Crippen molar-refractivity contribution in [1.29, 1.82) is 0 Å². The van der Waals surface area contributed by atoms with E-state index in [0.717, 1.165) is 24.2 Å². The molecule has 2 N–H and O–H groups in total. The highest BCUT2D eigenvalue weighted by Crippen LogP contribution is 2.32. The number of nitrogens with one attached hydrogen (secondary N) is 2. The zero-order valence-electron chi connectivity index (χ0n) is 18.9. The van der Waals surface area contributed by atoms with E-state index in [0.29, 0.717) is 23.6 Å². The zero-order valence-corrected chi connectivity index (χ0v) is 19.7. The minimum atomic E-state index is -3.80. The normalized spacial score (nSPS) is 12.4. The predicted molar refractivity (Wildman–Crippen MR) is 130 cm³/mol. The molecule has 1 amide bonds. The molecular weight excluding hydrogens is 454 g/mol. The summed E-state index contributed by atoms with van der Waals surface area (Å²) < 4.78 is 38.7. The second-order valence-corrected chi connectivity index (χ2v) is 9.67. The first kappa shape index (κ1) is 23.6. The molecule has 1 aliphatic heterocycles. The van der Waals surface area contributed by atoms with Gasteiger partial charge in [0.05, 0.1) is 4.90 Å². The fourth-order valence-electron chi connectivity index (χ4n) is 3.55. The van der Waals surface area contributed by atoms with Crippen molar-refractivity contribution in [2.45, 2.75) is 17.9 Å². The van der Waals surface area contributed by atoms with Crippen molar-refractivity contribution < 1.29 is 22.7 Å². The first-order valence-electron chi connectivity index (χ1n) is 10.9. The largest absolute Gasteiger partial charge is 0.454 e. The summed E-state index contributed by atoms with van der Waals surface area (Å²) in [5.41, 5.74) is 2.14. The Labute approximate surface area is 199 Å². The van der Waals surface area contributed by atoms with E-state index in [1.165, 1.54) is 12.1 Å². The molecule has 0 fully saturated rings. The van der Waals surface area contributed by atoms with Crippen LogP contribution >= 0.6 is 0 Å². The standard InChI is InChI=1S/C25H27N3O5S/c1-28(21-8-3-2-4-9-21)14-6-13-26-25(29)20-7-5-10-22(16-20)34(30,31)27-17-19-11-12-23-24(15-19)33-18-32-23/h2-5,7-12,15-16,27H,6,13-14,17-18H2,1H3,(H,26,29). The van der Waals surface area contributed by atoms with E-state index in [9.17, 15) is 13.2 Å². The van der Waals surface area contributed by atoms with Gasteiger partial charge in [-0.2, -0.15) is 0 Å². The number of para-hydroxylation sites is 1. The van der Waals surface area contributed by atoms with Gasteiger partial charge in [-0.3, -0.25) is 4.79 Å². The number of anilines is 1. The Hall–Kier alpha value is -3.56. The van der Waals surface area contributed by atoms with E-state index in [4.69, 9.17) is 9.47 Å². The lowest BCUT2D eigenvalue weighted by Crippen LogP contribution is -2.28. The first-order valence-corrected chi connectivity index (χ1v) is 12.4. The number of carbonyl (C=O) groups is 1. The van der Waals surface area contributed by atoms with Crippen LogP contribution in [0.5, 0.6) is 11.5 Å². The molecule has 0 bridgehead atoms. The van der Waals surface area contributed by atoms with Crippen molar-refractivity contribution in [1.82, 2.24) is 10.0 Å². The van der Waals surface area contributed by atoms with Crippen molar-refractivity contribution in [3.63, 3.8) is 0 Å². The molecule has 0 atom stereocenters. The number of hydrogen-bond donors (Lipinski definition) is 2. The molecule has 9 heteroatoms. The molecule has 0 saturated carbocycles. The average molecular weight is 482 g/mol. The van der Waals surface area contributed by atoms with Gasteiger partial charge >= 0.3 is 0 Å². The maximum atomic E-state index is 12.8. The number of sulfonamides is 1. The minimum absolute atomic E-state index is 0.0321. The van der Waals surface area contributed by atoms with Crippen LogP contribution in [0.2, 0.25) is 0 Å². The molecule has 0 aliphatic carbocycles. The number of nitrogens with zero attached hydrogens (tertiary/aromatic N) is 1. The Morgan fingerprint density at radius 3 is 2.59 bits per heavy atom. The van der Waals surface area contributed by atoms with Crippen molar-refractivity contribution in [2.75, 3.05) is 31.8 Å². The fourth-order valence-corrected chi connectivity index (χ4v) is 4.61. The second-order valence-electron chi connectivity index (χ2n) is 7.91. The molecule has 178 valence electrons. The quantitative estimate of drug-likeness (QED) is 0.432. The van der Waals surface area contributed by atoms with Gasteiger partial charge in [-0.1, -0.05) is 30.3 Å². The molecule has 8 nitrogen and oxygen atoms in total. The third-order valence-electron chi connectivity index (χ3n) is 5.46. The SMILES string of the molecule is CN(CCCNC(=O)c1cccc(S(=O)(=O)NCc2ccc3c(c2)OCO3)c1)c1ccccc1. The van der Waals surface area contributed by atoms with E-state index in [1.807, 2.05) is 37.4 Å². The van der Waals surface area contributed by atoms with Crippen LogP contribution in [0.15, 0.2) is 77.7 Å². The van der Waals surface area contributed by atoms with Crippen molar-refractivity contribution >= 4 is 21.6 Å². The van der Waals surface area contributed by atoms with Crippen LogP contribution in [0.4, 0.5) is 5.69 Å². The van der Waals surface area contributed by atoms with Gasteiger partial charge in [-0.25, -0.2) is 13.1 Å². The smallest absolute Gasteiger partial charge is 0.251 e. The summed E-state index contributed by atoms with van der Waals surface area (Å²) in [6.07, 6.45) is 0.756. The Morgan fingerprint density at radius 2 is 1.76 bits per heavy atom. The number of benzene rings is 3. The summed E-state index contributed by atoms with van der Waals surface area (Å²) in [5, 5.41) is 2.86. The van der Waals surface area contributed by atoms with Gasteiger partial charge in [0.15, 0.2) is 11.5 Å². The van der Waals surface area contributed by atoms with Gasteiger partial charge in [0.2, 0.25) is 16.8 Å². The highest BCUT2D eigenvalue weighted by atomic mass is 32.2. The molecular formula is C25H27N3O5S. The maximum absolute atomic E-state index is 12.8. The highest BCUT2D eigenvalue weighted by Gasteiger charge is 2.18. The molecule has 34 heavy (non-hydrogen) atoms. The first-order chi connectivity index (χ1) is 16.4. The van der Waals surface area contributed by atoms with Crippen LogP contribution in [0, 0.1) is 0 Å². The topological polar surface area (TPSA) is 97.0 Å². The highest BCUT2D eigenvalue weighted by molar-refractivity contribution is 7.89. The van der Waals surface area contributed by atoms with E-state index in [1.54, 1.807) is 30.3 Å². The summed E-state index contributed by atoms with van der Waals surface area (Å²) in [6.45, 7) is 1.51. The number of amides is 1. The zero-order chi connectivity index (χ0) is 24.0. The summed E-state index contributed by atoms with van der Waals surface area (Å²) in [4.78, 5) is 14.7. The van der Waals surface area contributed by atoms with Gasteiger partial charge in [-0.05, 0) is 54.4 Å². The third kappa shape index (κ3) is 5.86. The molecule has 1 heterocycles. The lowest BCUT2D eigenvalue weighted by Gasteiger charge is -2.19. The van der Waals surface area contributed by atoms with Gasteiger partial charge in [0.1, 0.15) is 0 Å². The van der Waals surface area contributed by atoms with Gasteiger partial charge in [0, 0.05) is 37.9 Å². The maximum Gasteiger partial charge on any atom is 0.251 e. The monoisotopic (exact) mass is 481 g/mol. The van der Waals surface area contributed by atoms with Crippen molar-refractivity contribution in [3.05, 3.63) is 83.9 Å². The lowest BCUT2D eigenvalue weighted by molar-refractivity contribution is 0.0953. The third-order valence-corrected chi connectivity index (χ3v) is 6.86. The Morgan fingerprint density at radius 1 is 0.971 bits per heavy atom. The van der Waals surface area contributed by atoms with Crippen LogP contribution in [0.25, 0.3) is 0 Å². The number of carbonyl (C=O) groups excluding carboxylic acids is 1. The molecule has 3 aromatic carbocycles. The Balaban J connectivity index is 1.30. The number of ether oxygens (including phenoxy) is 2. The van der Waals surface area contributed by atoms with Crippen LogP contribution in [-0.2, 0) is 16.6 Å².